The van der Waals surface area contributed by atoms with Crippen LogP contribution in [0.3, 0.4) is 0 Å². The average molecular weight is 584 g/mol. The van der Waals surface area contributed by atoms with Crippen molar-refractivity contribution in [3.8, 4) is 0 Å². The zero-order chi connectivity index (χ0) is 30.1. The molecule has 0 aliphatic rings. The minimum absolute atomic E-state index is 0.0160. The fourth-order valence-corrected chi connectivity index (χ4v) is 5.68. The van der Waals surface area contributed by atoms with E-state index in [1.807, 2.05) is 60.2 Å². The lowest BCUT2D eigenvalue weighted by Crippen LogP contribution is -2.42. The van der Waals surface area contributed by atoms with Crippen LogP contribution in [0.15, 0.2) is 0 Å². The number of carbonyl (C=O) groups excluding carboxylic acids is 3. The van der Waals surface area contributed by atoms with Gasteiger partial charge in [0.2, 0.25) is 17.7 Å². The Morgan fingerprint density at radius 2 is 1.37 bits per heavy atom. The van der Waals surface area contributed by atoms with E-state index in [0.29, 0.717) is 6.54 Å². The first kappa shape index (κ1) is 41.3. The quantitative estimate of drug-likeness (QED) is 0.151. The maximum Gasteiger partial charge on any atom is 0.500 e. The average Bonchev–Trinajstić information content (AvgIpc) is 2.88. The molecule has 0 bridgehead atoms. The molecule has 228 valence electrons. The molecule has 0 rings (SSSR count). The van der Waals surface area contributed by atoms with Crippen LogP contribution in [0.2, 0.25) is 6.04 Å². The monoisotopic (exact) mass is 583 g/mol. The van der Waals surface area contributed by atoms with Crippen LogP contribution < -0.4 is 16.0 Å². The molecule has 0 aromatic rings. The Hall–Kier alpha value is -1.18. The molecule has 3 amide bonds. The second kappa shape index (κ2) is 26.1. The Labute approximate surface area is 237 Å². The molecule has 38 heavy (non-hydrogen) atoms. The highest BCUT2D eigenvalue weighted by atomic mass is 32.2. The van der Waals surface area contributed by atoms with Gasteiger partial charge in [0.05, 0.1) is 6.61 Å². The minimum Gasteiger partial charge on any atom is -0.395 e. The summed E-state index contributed by atoms with van der Waals surface area (Å²) in [6.07, 6.45) is 2.75. The SMILES string of the molecule is CCC(C)C(=O)NC(C)C.CCC(C)C(=O)NCCO.CO[Si](CCCSCC(C)NC(C)=O)(OC)OC. The van der Waals surface area contributed by atoms with Gasteiger partial charge in [0, 0.05) is 70.5 Å². The number of amides is 3. The predicted molar refractivity (Wildman–Crippen MR) is 159 cm³/mol. The van der Waals surface area contributed by atoms with Crippen molar-refractivity contribution in [1.29, 1.82) is 0 Å². The summed E-state index contributed by atoms with van der Waals surface area (Å²) >= 11 is 1.82. The Morgan fingerprint density at radius 3 is 1.76 bits per heavy atom. The normalized spacial score (nSPS) is 13.2. The summed E-state index contributed by atoms with van der Waals surface area (Å²) in [5.41, 5.74) is 0. The van der Waals surface area contributed by atoms with Crippen molar-refractivity contribution in [3.63, 3.8) is 0 Å². The third-order valence-corrected chi connectivity index (χ3v) is 9.63. The van der Waals surface area contributed by atoms with Gasteiger partial charge < -0.3 is 34.3 Å². The highest BCUT2D eigenvalue weighted by Gasteiger charge is 2.36. The molecule has 3 unspecified atom stereocenters. The summed E-state index contributed by atoms with van der Waals surface area (Å²) in [5.74, 6) is 2.35. The van der Waals surface area contributed by atoms with E-state index in [1.54, 1.807) is 21.3 Å². The molecule has 0 aromatic heterocycles. The van der Waals surface area contributed by atoms with Gasteiger partial charge in [-0.15, -0.1) is 0 Å². The first-order valence-electron chi connectivity index (χ1n) is 13.5. The number of nitrogens with one attached hydrogen (secondary N) is 3. The van der Waals surface area contributed by atoms with Crippen molar-refractivity contribution in [3.05, 3.63) is 0 Å². The number of hydrogen-bond acceptors (Lipinski definition) is 8. The van der Waals surface area contributed by atoms with Crippen molar-refractivity contribution in [2.45, 2.75) is 92.8 Å². The predicted octanol–water partition coefficient (Wildman–Crippen LogP) is 3.21. The fraction of sp³-hybridized carbons (Fsp3) is 0.885. The third kappa shape index (κ3) is 23.9. The topological polar surface area (TPSA) is 135 Å². The second-order valence-electron chi connectivity index (χ2n) is 9.37. The Balaban J connectivity index is -0.000000522. The number of aliphatic hydroxyl groups is 1. The van der Waals surface area contributed by atoms with Gasteiger partial charge in [-0.05, 0) is 45.8 Å². The van der Waals surface area contributed by atoms with Gasteiger partial charge in [-0.25, -0.2) is 0 Å². The van der Waals surface area contributed by atoms with Gasteiger partial charge >= 0.3 is 8.80 Å². The van der Waals surface area contributed by atoms with Crippen LogP contribution in [-0.2, 0) is 27.7 Å². The molecule has 3 atom stereocenters. The molecule has 12 heteroatoms. The Kier molecular flexibility index (Phi) is 28.3. The third-order valence-electron chi connectivity index (χ3n) is 5.48. The highest BCUT2D eigenvalue weighted by molar-refractivity contribution is 7.99. The van der Waals surface area contributed by atoms with Crippen LogP contribution in [0.1, 0.15) is 74.7 Å². The molecule has 10 nitrogen and oxygen atoms in total. The summed E-state index contributed by atoms with van der Waals surface area (Å²) in [5, 5.41) is 16.7. The lowest BCUT2D eigenvalue weighted by atomic mass is 10.1. The number of hydrogen-bond donors (Lipinski definition) is 4. The van der Waals surface area contributed by atoms with Gasteiger partial charge in [-0.3, -0.25) is 14.4 Å². The van der Waals surface area contributed by atoms with Gasteiger partial charge in [0.15, 0.2) is 0 Å². The molecular weight excluding hydrogens is 526 g/mol. The van der Waals surface area contributed by atoms with E-state index < -0.39 is 8.80 Å². The molecule has 4 N–H and O–H groups in total. The fourth-order valence-electron chi connectivity index (χ4n) is 2.75. The van der Waals surface area contributed by atoms with Crippen LogP contribution in [0.4, 0.5) is 0 Å². The zero-order valence-electron chi connectivity index (χ0n) is 25.8. The molecule has 0 radical (unpaired) electrons. The van der Waals surface area contributed by atoms with Crippen molar-refractivity contribution in [1.82, 2.24) is 16.0 Å². The van der Waals surface area contributed by atoms with E-state index in [9.17, 15) is 14.4 Å². The van der Waals surface area contributed by atoms with E-state index in [-0.39, 0.29) is 48.2 Å². The molecule has 0 heterocycles. The maximum atomic E-state index is 11.1. The number of carbonyl (C=O) groups is 3. The molecule has 0 aliphatic heterocycles. The van der Waals surface area contributed by atoms with Gasteiger partial charge in [-0.2, -0.15) is 11.8 Å². The van der Waals surface area contributed by atoms with Crippen LogP contribution >= 0.6 is 11.8 Å². The van der Waals surface area contributed by atoms with Gasteiger partial charge in [-0.1, -0.05) is 27.7 Å². The number of aliphatic hydroxyl groups excluding tert-OH is 1. The van der Waals surface area contributed by atoms with E-state index in [0.717, 1.165) is 36.8 Å². The summed E-state index contributed by atoms with van der Waals surface area (Å²) in [6, 6.07) is 1.29. The Morgan fingerprint density at radius 1 is 0.868 bits per heavy atom. The van der Waals surface area contributed by atoms with Crippen molar-refractivity contribution < 1.29 is 32.8 Å². The highest BCUT2D eigenvalue weighted by Crippen LogP contribution is 2.17. The Bertz CT molecular complexity index is 603. The van der Waals surface area contributed by atoms with Crippen molar-refractivity contribution in [2.24, 2.45) is 11.8 Å². The molecule has 0 saturated carbocycles. The van der Waals surface area contributed by atoms with Crippen molar-refractivity contribution in [2.75, 3.05) is 46.0 Å². The summed E-state index contributed by atoms with van der Waals surface area (Å²) in [7, 11) is 2.49. The molecule has 0 saturated heterocycles. The first-order valence-corrected chi connectivity index (χ1v) is 16.6. The smallest absolute Gasteiger partial charge is 0.395 e. The van der Waals surface area contributed by atoms with E-state index in [2.05, 4.69) is 16.0 Å². The molecule has 0 aliphatic carbocycles. The summed E-state index contributed by atoms with van der Waals surface area (Å²) < 4.78 is 16.0. The molecule has 0 aromatic carbocycles. The van der Waals surface area contributed by atoms with Crippen LogP contribution in [0.5, 0.6) is 0 Å². The maximum absolute atomic E-state index is 11.1. The van der Waals surface area contributed by atoms with E-state index in [1.165, 1.54) is 6.92 Å². The minimum atomic E-state index is -2.40. The summed E-state index contributed by atoms with van der Waals surface area (Å²) in [4.78, 5) is 32.8. The number of rotatable bonds is 17. The van der Waals surface area contributed by atoms with E-state index >= 15 is 0 Å². The second-order valence-corrected chi connectivity index (χ2v) is 13.6. The first-order chi connectivity index (χ1) is 17.8. The number of thioether (sulfide) groups is 1. The largest absolute Gasteiger partial charge is 0.500 e. The van der Waals surface area contributed by atoms with Crippen LogP contribution in [0, 0.1) is 11.8 Å². The van der Waals surface area contributed by atoms with E-state index in [4.69, 9.17) is 18.4 Å². The summed E-state index contributed by atoms with van der Waals surface area (Å²) in [6.45, 7) is 15.7. The zero-order valence-corrected chi connectivity index (χ0v) is 27.6. The molecule has 0 fully saturated rings. The standard InChI is InChI=1S/C11H25NO4SSi.C8H17NO.C7H15NO2/c1-10(12-11(2)13)9-17-7-6-8-18(14-3,15-4)16-5;1-5-7(4)8(10)9-6(2)3;1-3-6(2)7(10)8-4-5-9/h10H,6-9H2,1-5H3,(H,12,13);6-7H,5H2,1-4H3,(H,9,10);6,9H,3-5H2,1-2H3,(H,8,10). The molecular formula is C26H57N3O7SSi. The van der Waals surface area contributed by atoms with Gasteiger partial charge in [0.1, 0.15) is 0 Å². The van der Waals surface area contributed by atoms with Crippen molar-refractivity contribution >= 4 is 38.3 Å². The van der Waals surface area contributed by atoms with Gasteiger partial charge in [0.25, 0.3) is 0 Å². The molecule has 0 spiro atoms. The van der Waals surface area contributed by atoms with Crippen LogP contribution in [0.25, 0.3) is 0 Å². The van der Waals surface area contributed by atoms with Crippen LogP contribution in [-0.4, -0.2) is 89.7 Å². The lowest BCUT2D eigenvalue weighted by Gasteiger charge is -2.24. The lowest BCUT2D eigenvalue weighted by molar-refractivity contribution is -0.125.